The fourth-order valence-electron chi connectivity index (χ4n) is 7.20. The molecule has 0 saturated carbocycles. The molecule has 1 aliphatic carbocycles. The van der Waals surface area contributed by atoms with Crippen LogP contribution in [0.15, 0.2) is 177 Å². The van der Waals surface area contributed by atoms with Crippen LogP contribution < -0.4 is 10.6 Å². The lowest BCUT2D eigenvalue weighted by Crippen LogP contribution is -2.25. The largest absolute Gasteiger partial charge is 0.416 e. The summed E-state index contributed by atoms with van der Waals surface area (Å²) in [6.07, 6.45) is -4.46. The minimum absolute atomic E-state index is 0.254. The maximum atomic E-state index is 15.3. The van der Waals surface area contributed by atoms with E-state index in [4.69, 9.17) is 0 Å². The first kappa shape index (κ1) is 36.4. The van der Waals surface area contributed by atoms with Crippen LogP contribution in [0.1, 0.15) is 43.0 Å². The van der Waals surface area contributed by atoms with Gasteiger partial charge in [-0.05, 0) is 113 Å². The van der Waals surface area contributed by atoms with E-state index in [2.05, 4.69) is 47.9 Å². The molecule has 0 heterocycles. The third-order valence-electron chi connectivity index (χ3n) is 9.91. The molecule has 9 heteroatoms. The van der Waals surface area contributed by atoms with Gasteiger partial charge in [0.05, 0.1) is 28.1 Å². The first-order valence-corrected chi connectivity index (χ1v) is 19.8. The highest BCUT2D eigenvalue weighted by molar-refractivity contribution is 7.99. The molecule has 0 unspecified atom stereocenters. The van der Waals surface area contributed by atoms with E-state index in [1.54, 1.807) is 18.2 Å². The Morgan fingerprint density at radius 3 is 1.47 bits per heavy atom. The topological polar surface area (TPSA) is 58.2 Å². The summed E-state index contributed by atoms with van der Waals surface area (Å²) in [6, 6.07) is 47.6. The van der Waals surface area contributed by atoms with Gasteiger partial charge in [-0.1, -0.05) is 102 Å². The normalized spacial score (nSPS) is 12.4. The first-order chi connectivity index (χ1) is 27.6. The number of nitrogens with one attached hydrogen (secondary N) is 2. The van der Waals surface area contributed by atoms with E-state index in [-0.39, 0.29) is 28.3 Å². The van der Waals surface area contributed by atoms with Crippen LogP contribution in [-0.2, 0) is 6.18 Å². The summed E-state index contributed by atoms with van der Waals surface area (Å²) < 4.78 is 40.4. The Hall–Kier alpha value is -6.29. The summed E-state index contributed by atoms with van der Waals surface area (Å²) in [4.78, 5) is 33.4. The number of benzene rings is 8. The summed E-state index contributed by atoms with van der Waals surface area (Å²) in [5.74, 6) is -0.612. The molecule has 0 bridgehead atoms. The zero-order chi connectivity index (χ0) is 39.3. The predicted molar refractivity (Wildman–Crippen MR) is 225 cm³/mol. The number of halogens is 3. The summed E-state index contributed by atoms with van der Waals surface area (Å²) >= 11 is 2.73. The predicted octanol–water partition coefficient (Wildman–Crippen LogP) is 13.9. The number of rotatable bonds is 8. The molecule has 0 radical (unpaired) electrons. The maximum Gasteiger partial charge on any atom is 0.416 e. The second-order valence-corrected chi connectivity index (χ2v) is 16.0. The van der Waals surface area contributed by atoms with E-state index in [1.165, 1.54) is 29.6 Å². The molecule has 0 fully saturated rings. The van der Waals surface area contributed by atoms with Crippen LogP contribution in [0.5, 0.6) is 0 Å². The van der Waals surface area contributed by atoms with E-state index >= 15 is 9.59 Å². The lowest BCUT2D eigenvalue weighted by Gasteiger charge is -2.27. The summed E-state index contributed by atoms with van der Waals surface area (Å²) in [7, 11) is 0. The van der Waals surface area contributed by atoms with Crippen molar-refractivity contribution in [2.24, 2.45) is 0 Å². The molecule has 0 aromatic heterocycles. The highest BCUT2D eigenvalue weighted by Crippen LogP contribution is 2.47. The number of ketones is 2. The molecule has 0 atom stereocenters. The average molecular weight is 789 g/mol. The van der Waals surface area contributed by atoms with E-state index < -0.39 is 11.7 Å². The number of hydrogen-bond acceptors (Lipinski definition) is 6. The van der Waals surface area contributed by atoms with Crippen molar-refractivity contribution in [1.82, 2.24) is 0 Å². The molecule has 0 aliphatic heterocycles. The summed E-state index contributed by atoms with van der Waals surface area (Å²) in [5, 5.41) is 10.1. The SMILES string of the molecule is Cc1ccc2ccc(Sc3ccc(Nc4ccccc4)c4c3C(=O)c3c(Nc5ccccc5)ccc(Sc5ccc6cc(C(F)(F)F)ccc6c5)c3C4=O)cc2c1. The smallest absolute Gasteiger partial charge is 0.355 e. The van der Waals surface area contributed by atoms with Gasteiger partial charge in [0, 0.05) is 42.1 Å². The van der Waals surface area contributed by atoms with Crippen molar-refractivity contribution in [2.45, 2.75) is 32.7 Å². The lowest BCUT2D eigenvalue weighted by molar-refractivity contribution is -0.137. The lowest BCUT2D eigenvalue weighted by atomic mass is 9.82. The Morgan fingerprint density at radius 1 is 0.456 bits per heavy atom. The quantitative estimate of drug-likeness (QED) is 0.160. The molecule has 0 saturated heterocycles. The van der Waals surface area contributed by atoms with Crippen molar-refractivity contribution >= 4 is 79.4 Å². The van der Waals surface area contributed by atoms with Crippen LogP contribution in [0.2, 0.25) is 0 Å². The Bertz CT molecular complexity index is 2900. The van der Waals surface area contributed by atoms with Gasteiger partial charge in [-0.3, -0.25) is 9.59 Å². The fraction of sp³-hybridized carbons (Fsp3) is 0.0417. The third-order valence-corrected chi connectivity index (χ3v) is 12.0. The van der Waals surface area contributed by atoms with Gasteiger partial charge in [0.2, 0.25) is 0 Å². The number of anilines is 4. The number of fused-ring (bicyclic) bond motifs is 4. The molecule has 9 rings (SSSR count). The molecule has 0 amide bonds. The van der Waals surface area contributed by atoms with Gasteiger partial charge < -0.3 is 10.6 Å². The first-order valence-electron chi connectivity index (χ1n) is 18.1. The third kappa shape index (κ3) is 7.16. The van der Waals surface area contributed by atoms with E-state index in [0.29, 0.717) is 42.4 Å². The summed E-state index contributed by atoms with van der Waals surface area (Å²) in [6.45, 7) is 2.05. The Labute approximate surface area is 335 Å². The van der Waals surface area contributed by atoms with Gasteiger partial charge >= 0.3 is 6.18 Å². The van der Waals surface area contributed by atoms with Crippen LogP contribution in [0.4, 0.5) is 35.9 Å². The standard InChI is InChI=1S/C48H31F3N2O2S2/c1-28-12-13-29-15-18-37(27-32(29)24-28)57-41-23-21-39(53-35-10-6-3-7-11-35)43-45(41)47(55)42-38(52-34-8-4-2-5-9-34)20-22-40(44(42)46(43)54)56-36-19-16-30-25-33(48(49,50)51)17-14-31(30)26-36/h2-27,52-53H,1H3. The number of para-hydroxylation sites is 2. The molecular formula is C48H31F3N2O2S2. The number of aryl methyl sites for hydroxylation is 1. The molecule has 57 heavy (non-hydrogen) atoms. The van der Waals surface area contributed by atoms with Crippen molar-refractivity contribution < 1.29 is 22.8 Å². The molecule has 2 N–H and O–H groups in total. The number of carbonyl (C=O) groups is 2. The zero-order valence-corrected chi connectivity index (χ0v) is 31.9. The second-order valence-electron chi connectivity index (χ2n) is 13.8. The second kappa shape index (κ2) is 14.7. The molecule has 1 aliphatic rings. The van der Waals surface area contributed by atoms with Crippen molar-refractivity contribution in [3.63, 3.8) is 0 Å². The molecule has 0 spiro atoms. The van der Waals surface area contributed by atoms with Crippen LogP contribution in [0.25, 0.3) is 21.5 Å². The van der Waals surface area contributed by atoms with Crippen molar-refractivity contribution in [1.29, 1.82) is 0 Å². The Balaban J connectivity index is 1.20. The van der Waals surface area contributed by atoms with E-state index in [0.717, 1.165) is 44.7 Å². The molecule has 8 aromatic carbocycles. The van der Waals surface area contributed by atoms with Crippen LogP contribution in [-0.4, -0.2) is 11.6 Å². The number of carbonyl (C=O) groups excluding carboxylic acids is 2. The van der Waals surface area contributed by atoms with Crippen LogP contribution in [0.3, 0.4) is 0 Å². The summed E-state index contributed by atoms with van der Waals surface area (Å²) in [5.41, 5.74) is 4.01. The molecule has 4 nitrogen and oxygen atoms in total. The van der Waals surface area contributed by atoms with Gasteiger partial charge in [0.25, 0.3) is 0 Å². The fourth-order valence-corrected chi connectivity index (χ4v) is 9.21. The van der Waals surface area contributed by atoms with Crippen molar-refractivity contribution in [3.05, 3.63) is 191 Å². The molecule has 278 valence electrons. The van der Waals surface area contributed by atoms with Gasteiger partial charge in [-0.2, -0.15) is 13.2 Å². The number of hydrogen-bond donors (Lipinski definition) is 2. The highest BCUT2D eigenvalue weighted by Gasteiger charge is 2.38. The number of alkyl halides is 3. The minimum Gasteiger partial charge on any atom is -0.355 e. The van der Waals surface area contributed by atoms with Crippen LogP contribution >= 0.6 is 23.5 Å². The zero-order valence-electron chi connectivity index (χ0n) is 30.3. The maximum absolute atomic E-state index is 15.3. The Kier molecular flexibility index (Phi) is 9.35. The van der Waals surface area contributed by atoms with Gasteiger partial charge in [0.15, 0.2) is 11.6 Å². The van der Waals surface area contributed by atoms with Gasteiger partial charge in [-0.15, -0.1) is 0 Å². The van der Waals surface area contributed by atoms with Crippen molar-refractivity contribution in [3.8, 4) is 0 Å². The highest BCUT2D eigenvalue weighted by atomic mass is 32.2. The van der Waals surface area contributed by atoms with Gasteiger partial charge in [0.1, 0.15) is 0 Å². The van der Waals surface area contributed by atoms with Crippen LogP contribution in [0, 0.1) is 6.92 Å². The average Bonchev–Trinajstić information content (AvgIpc) is 3.21. The minimum atomic E-state index is -4.46. The van der Waals surface area contributed by atoms with Gasteiger partial charge in [-0.25, -0.2) is 0 Å². The monoisotopic (exact) mass is 788 g/mol. The molecular weight excluding hydrogens is 758 g/mol. The van der Waals surface area contributed by atoms with E-state index in [9.17, 15) is 13.2 Å². The Morgan fingerprint density at radius 2 is 0.930 bits per heavy atom. The van der Waals surface area contributed by atoms with E-state index in [1.807, 2.05) is 91.0 Å². The molecule has 8 aromatic rings. The van der Waals surface area contributed by atoms with Crippen molar-refractivity contribution in [2.75, 3.05) is 10.6 Å².